The quantitative estimate of drug-likeness (QED) is 0.948. The molecule has 0 spiro atoms. The Bertz CT molecular complexity index is 551. The minimum absolute atomic E-state index is 0.193. The Hall–Kier alpha value is -1.20. The van der Waals surface area contributed by atoms with Gasteiger partial charge in [-0.15, -0.1) is 0 Å². The average Bonchev–Trinajstić information content (AvgIpc) is 2.71. The van der Waals surface area contributed by atoms with Gasteiger partial charge in [0.1, 0.15) is 6.10 Å². The van der Waals surface area contributed by atoms with Gasteiger partial charge in [-0.25, -0.2) is 0 Å². The Morgan fingerprint density at radius 2 is 2.06 bits per heavy atom. The number of aliphatic hydroxyl groups is 1. The molecule has 96 valence electrons. The summed E-state index contributed by atoms with van der Waals surface area (Å²) >= 11 is 3.44. The zero-order valence-electron chi connectivity index (χ0n) is 10.6. The van der Waals surface area contributed by atoms with Gasteiger partial charge in [0.25, 0.3) is 0 Å². The Morgan fingerprint density at radius 3 is 2.67 bits per heavy atom. The summed E-state index contributed by atoms with van der Waals surface area (Å²) in [7, 11) is 0. The minimum atomic E-state index is -0.724. The summed E-state index contributed by atoms with van der Waals surface area (Å²) < 4.78 is 2.63. The van der Waals surface area contributed by atoms with Crippen LogP contribution in [0.5, 0.6) is 0 Å². The Morgan fingerprint density at radius 1 is 1.33 bits per heavy atom. The van der Waals surface area contributed by atoms with Crippen LogP contribution in [0, 0.1) is 6.92 Å². The van der Waals surface area contributed by atoms with Crippen LogP contribution < -0.4 is 0 Å². The van der Waals surface area contributed by atoms with Crippen LogP contribution in [0.2, 0.25) is 0 Å². The molecule has 0 saturated heterocycles. The molecule has 2 heterocycles. The monoisotopic (exact) mass is 309 g/mol. The summed E-state index contributed by atoms with van der Waals surface area (Å²) in [6.07, 6.45) is 4.41. The predicted molar refractivity (Wildman–Crippen MR) is 73.3 cm³/mol. The summed E-state index contributed by atoms with van der Waals surface area (Å²) in [5.41, 5.74) is 2.59. The number of hydrogen-bond donors (Lipinski definition) is 1. The zero-order valence-corrected chi connectivity index (χ0v) is 12.2. The van der Waals surface area contributed by atoms with Crippen molar-refractivity contribution in [3.8, 4) is 0 Å². The molecule has 2 aromatic heterocycles. The molecule has 1 atom stereocenters. The number of pyridine rings is 1. The summed E-state index contributed by atoms with van der Waals surface area (Å²) in [6, 6.07) is 2.08. The molecule has 0 bridgehead atoms. The highest BCUT2D eigenvalue weighted by Gasteiger charge is 2.22. The van der Waals surface area contributed by atoms with Gasteiger partial charge in [0, 0.05) is 24.0 Å². The van der Waals surface area contributed by atoms with Crippen molar-refractivity contribution in [2.24, 2.45) is 0 Å². The fraction of sp³-hybridized carbons (Fsp3) is 0.385. The molecule has 0 aliphatic rings. The summed E-state index contributed by atoms with van der Waals surface area (Å²) in [5.74, 6) is 0. The molecule has 0 amide bonds. The molecule has 5 heteroatoms. The largest absolute Gasteiger partial charge is 0.382 e. The molecule has 18 heavy (non-hydrogen) atoms. The molecule has 1 N–H and O–H groups in total. The predicted octanol–water partition coefficient (Wildman–Crippen LogP) is 3.01. The molecule has 2 aromatic rings. The number of rotatable bonds is 3. The van der Waals surface area contributed by atoms with Crippen LogP contribution in [-0.4, -0.2) is 19.9 Å². The van der Waals surface area contributed by atoms with Gasteiger partial charge in [0.05, 0.1) is 16.4 Å². The Balaban J connectivity index is 2.49. The molecule has 4 nitrogen and oxygen atoms in total. The second kappa shape index (κ2) is 5.20. The molecule has 0 aromatic carbocycles. The third-order valence-corrected chi connectivity index (χ3v) is 3.52. The minimum Gasteiger partial charge on any atom is -0.382 e. The van der Waals surface area contributed by atoms with E-state index in [0.717, 1.165) is 21.3 Å². The molecule has 2 rings (SSSR count). The molecule has 0 saturated carbocycles. The van der Waals surface area contributed by atoms with Gasteiger partial charge in [0.15, 0.2) is 0 Å². The first-order valence-electron chi connectivity index (χ1n) is 5.83. The van der Waals surface area contributed by atoms with Crippen molar-refractivity contribution in [1.29, 1.82) is 0 Å². The Labute approximate surface area is 115 Å². The maximum atomic E-state index is 10.5. The van der Waals surface area contributed by atoms with Gasteiger partial charge >= 0.3 is 0 Å². The highest BCUT2D eigenvalue weighted by molar-refractivity contribution is 9.10. The lowest BCUT2D eigenvalue weighted by Gasteiger charge is -2.18. The van der Waals surface area contributed by atoms with Crippen LogP contribution in [0.4, 0.5) is 0 Å². The topological polar surface area (TPSA) is 50.9 Å². The van der Waals surface area contributed by atoms with Crippen molar-refractivity contribution < 1.29 is 5.11 Å². The van der Waals surface area contributed by atoms with Gasteiger partial charge in [0.2, 0.25) is 0 Å². The molecule has 0 radical (unpaired) electrons. The van der Waals surface area contributed by atoms with E-state index in [-0.39, 0.29) is 6.04 Å². The lowest BCUT2D eigenvalue weighted by Crippen LogP contribution is -2.13. The van der Waals surface area contributed by atoms with Crippen LogP contribution >= 0.6 is 15.9 Å². The van der Waals surface area contributed by atoms with E-state index in [1.165, 1.54) is 0 Å². The van der Waals surface area contributed by atoms with Crippen molar-refractivity contribution in [2.45, 2.75) is 32.9 Å². The highest BCUT2D eigenvalue weighted by Crippen LogP contribution is 2.31. The van der Waals surface area contributed by atoms with Gasteiger partial charge in [-0.05, 0) is 48.3 Å². The van der Waals surface area contributed by atoms with Crippen molar-refractivity contribution in [3.63, 3.8) is 0 Å². The third kappa shape index (κ3) is 2.33. The van der Waals surface area contributed by atoms with Crippen molar-refractivity contribution in [3.05, 3.63) is 46.0 Å². The standard InChI is InChI=1S/C13H16BrN3O/c1-8(2)17-12(11(14)7-16-17)13(18)10-6-15-5-4-9(10)3/h4-8,13,18H,1-3H3. The zero-order chi connectivity index (χ0) is 13.3. The lowest BCUT2D eigenvalue weighted by atomic mass is 10.0. The average molecular weight is 310 g/mol. The van der Waals surface area contributed by atoms with E-state index in [0.29, 0.717) is 0 Å². The van der Waals surface area contributed by atoms with Crippen LogP contribution in [0.25, 0.3) is 0 Å². The number of hydrogen-bond acceptors (Lipinski definition) is 3. The van der Waals surface area contributed by atoms with E-state index in [2.05, 4.69) is 26.0 Å². The Kier molecular flexibility index (Phi) is 3.82. The van der Waals surface area contributed by atoms with E-state index in [1.54, 1.807) is 18.6 Å². The maximum Gasteiger partial charge on any atom is 0.124 e. The first-order chi connectivity index (χ1) is 8.52. The van der Waals surface area contributed by atoms with Gasteiger partial charge in [-0.3, -0.25) is 9.67 Å². The summed E-state index contributed by atoms with van der Waals surface area (Å²) in [5, 5.41) is 14.8. The molecule has 0 fully saturated rings. The number of halogens is 1. The molecular weight excluding hydrogens is 294 g/mol. The third-order valence-electron chi connectivity index (χ3n) is 2.91. The van der Waals surface area contributed by atoms with E-state index >= 15 is 0 Å². The fourth-order valence-electron chi connectivity index (χ4n) is 1.93. The number of aromatic nitrogens is 3. The SMILES string of the molecule is Cc1ccncc1C(O)c1c(Br)cnn1C(C)C. The van der Waals surface area contributed by atoms with Crippen LogP contribution in [-0.2, 0) is 0 Å². The molecular formula is C13H16BrN3O. The molecule has 0 aliphatic carbocycles. The number of aliphatic hydroxyl groups excluding tert-OH is 1. The summed E-state index contributed by atoms with van der Waals surface area (Å²) in [6.45, 7) is 6.03. The van der Waals surface area contributed by atoms with Crippen LogP contribution in [0.15, 0.2) is 29.1 Å². The van der Waals surface area contributed by atoms with Gasteiger partial charge < -0.3 is 5.11 Å². The fourth-order valence-corrected chi connectivity index (χ4v) is 2.42. The van der Waals surface area contributed by atoms with E-state index in [4.69, 9.17) is 0 Å². The second-order valence-electron chi connectivity index (χ2n) is 4.55. The van der Waals surface area contributed by atoms with Crippen molar-refractivity contribution in [1.82, 2.24) is 14.8 Å². The number of aryl methyl sites for hydroxylation is 1. The van der Waals surface area contributed by atoms with E-state index in [9.17, 15) is 5.11 Å². The second-order valence-corrected chi connectivity index (χ2v) is 5.41. The van der Waals surface area contributed by atoms with Crippen molar-refractivity contribution in [2.75, 3.05) is 0 Å². The normalized spacial score (nSPS) is 13.0. The lowest BCUT2D eigenvalue weighted by molar-refractivity contribution is 0.203. The maximum absolute atomic E-state index is 10.5. The molecule has 0 aliphatic heterocycles. The van der Waals surface area contributed by atoms with Crippen molar-refractivity contribution >= 4 is 15.9 Å². The van der Waals surface area contributed by atoms with Crippen LogP contribution in [0.1, 0.15) is 42.8 Å². The first-order valence-corrected chi connectivity index (χ1v) is 6.63. The van der Waals surface area contributed by atoms with Gasteiger partial charge in [-0.2, -0.15) is 5.10 Å². The van der Waals surface area contributed by atoms with Crippen LogP contribution in [0.3, 0.4) is 0 Å². The number of nitrogens with zero attached hydrogens (tertiary/aromatic N) is 3. The van der Waals surface area contributed by atoms with Gasteiger partial charge in [-0.1, -0.05) is 0 Å². The van der Waals surface area contributed by atoms with E-state index in [1.807, 2.05) is 31.5 Å². The summed E-state index contributed by atoms with van der Waals surface area (Å²) in [4.78, 5) is 4.08. The molecule has 1 unspecified atom stereocenters. The first kappa shape index (κ1) is 13.2. The highest BCUT2D eigenvalue weighted by atomic mass is 79.9. The smallest absolute Gasteiger partial charge is 0.124 e. The van der Waals surface area contributed by atoms with E-state index < -0.39 is 6.10 Å².